The first-order valence-corrected chi connectivity index (χ1v) is 12.5. The van der Waals surface area contributed by atoms with E-state index in [1.54, 1.807) is 19.2 Å². The molecule has 4 aromatic rings. The quantitative estimate of drug-likeness (QED) is 0.294. The van der Waals surface area contributed by atoms with Gasteiger partial charge < -0.3 is 24.1 Å². The molecule has 0 saturated heterocycles. The van der Waals surface area contributed by atoms with Gasteiger partial charge in [-0.25, -0.2) is 4.79 Å². The third-order valence-electron chi connectivity index (χ3n) is 8.07. The van der Waals surface area contributed by atoms with Gasteiger partial charge in [-0.05, 0) is 48.0 Å². The number of ether oxygens (including phenoxy) is 2. The predicted octanol–water partition coefficient (Wildman–Crippen LogP) is 6.72. The molecule has 1 aromatic heterocycles. The fourth-order valence-electron chi connectivity index (χ4n) is 6.00. The zero-order valence-electron chi connectivity index (χ0n) is 22.1. The van der Waals surface area contributed by atoms with Crippen LogP contribution < -0.4 is 25.3 Å². The average molecular weight is 537 g/mol. The summed E-state index contributed by atoms with van der Waals surface area (Å²) in [5.74, 6) is 0.433. The summed E-state index contributed by atoms with van der Waals surface area (Å²) in [6.07, 6.45) is -4.48. The van der Waals surface area contributed by atoms with Gasteiger partial charge in [-0.15, -0.1) is 0 Å². The number of nitrogens with one attached hydrogen (secondary N) is 1. The Morgan fingerprint density at radius 3 is 2.36 bits per heavy atom. The van der Waals surface area contributed by atoms with Gasteiger partial charge in [0, 0.05) is 48.4 Å². The van der Waals surface area contributed by atoms with Gasteiger partial charge in [0.15, 0.2) is 0 Å². The van der Waals surface area contributed by atoms with Crippen LogP contribution in [0.25, 0.3) is 11.0 Å². The number of anilines is 2. The highest BCUT2D eigenvalue weighted by atomic mass is 19.4. The minimum atomic E-state index is -4.48. The SMILES string of the molecule is COc1ccc2c(c1)[C@@H]1c3c(c4ccc(N(C)C)cc4oc3=O)O[C@](c3ccc(C(F)(F)F)cc3)(N2)C1(C)C. The van der Waals surface area contributed by atoms with Crippen LogP contribution in [0.2, 0.25) is 0 Å². The van der Waals surface area contributed by atoms with Crippen LogP contribution in [0.5, 0.6) is 11.5 Å². The highest BCUT2D eigenvalue weighted by Crippen LogP contribution is 2.64. The molecule has 39 heavy (non-hydrogen) atoms. The molecule has 9 heteroatoms. The molecule has 0 radical (unpaired) electrons. The molecule has 2 aliphatic heterocycles. The number of alkyl halides is 3. The second-order valence-electron chi connectivity index (χ2n) is 10.8. The number of nitrogens with zero attached hydrogens (tertiary/aromatic N) is 1. The van der Waals surface area contributed by atoms with Crippen LogP contribution in [0.3, 0.4) is 0 Å². The van der Waals surface area contributed by atoms with Crippen LogP contribution in [-0.2, 0) is 11.9 Å². The van der Waals surface area contributed by atoms with Crippen LogP contribution in [0.15, 0.2) is 69.9 Å². The van der Waals surface area contributed by atoms with E-state index < -0.39 is 34.4 Å². The highest BCUT2D eigenvalue weighted by Gasteiger charge is 2.62. The Bertz CT molecular complexity index is 1680. The van der Waals surface area contributed by atoms with Gasteiger partial charge >= 0.3 is 11.8 Å². The van der Waals surface area contributed by atoms with Crippen molar-refractivity contribution in [1.82, 2.24) is 0 Å². The number of methoxy groups -OCH3 is 1. The van der Waals surface area contributed by atoms with E-state index in [1.807, 2.05) is 57.1 Å². The summed E-state index contributed by atoms with van der Waals surface area (Å²) >= 11 is 0. The molecular weight excluding hydrogens is 509 g/mol. The maximum absolute atomic E-state index is 13.7. The van der Waals surface area contributed by atoms with Crippen molar-refractivity contribution in [3.8, 4) is 11.5 Å². The Hall–Kier alpha value is -4.14. The molecule has 2 atom stereocenters. The van der Waals surface area contributed by atoms with Crippen LogP contribution in [0.4, 0.5) is 24.5 Å². The van der Waals surface area contributed by atoms with Crippen LogP contribution in [0, 0.1) is 5.41 Å². The average Bonchev–Trinajstić information content (AvgIpc) is 2.87. The fourth-order valence-corrected chi connectivity index (χ4v) is 6.00. The van der Waals surface area contributed by atoms with Gasteiger partial charge in [-0.3, -0.25) is 0 Å². The highest BCUT2D eigenvalue weighted by molar-refractivity contribution is 5.88. The van der Waals surface area contributed by atoms with E-state index in [2.05, 4.69) is 5.32 Å². The number of fused-ring (bicyclic) bond motifs is 8. The van der Waals surface area contributed by atoms with Crippen molar-refractivity contribution < 1.29 is 27.1 Å². The van der Waals surface area contributed by atoms with E-state index in [0.29, 0.717) is 39.3 Å². The van der Waals surface area contributed by atoms with E-state index in [0.717, 1.165) is 23.4 Å². The smallest absolute Gasteiger partial charge is 0.416 e. The number of rotatable bonds is 3. The van der Waals surface area contributed by atoms with E-state index in [1.165, 1.54) is 12.1 Å². The Labute approximate surface area is 222 Å². The second-order valence-corrected chi connectivity index (χ2v) is 10.8. The number of benzene rings is 3. The van der Waals surface area contributed by atoms with E-state index in [-0.39, 0.29) is 0 Å². The summed E-state index contributed by atoms with van der Waals surface area (Å²) < 4.78 is 58.5. The van der Waals surface area contributed by atoms with Crippen LogP contribution in [-0.4, -0.2) is 21.2 Å². The summed E-state index contributed by atoms with van der Waals surface area (Å²) in [4.78, 5) is 15.6. The van der Waals surface area contributed by atoms with Crippen molar-refractivity contribution in [2.24, 2.45) is 5.41 Å². The molecular formula is C30H27F3N2O4. The van der Waals surface area contributed by atoms with Crippen LogP contribution >= 0.6 is 0 Å². The molecule has 2 aliphatic rings. The number of hydrogen-bond donors (Lipinski definition) is 1. The van der Waals surface area contributed by atoms with Gasteiger partial charge in [0.2, 0.25) is 5.72 Å². The topological polar surface area (TPSA) is 63.9 Å². The van der Waals surface area contributed by atoms with Crippen molar-refractivity contribution in [2.75, 3.05) is 31.4 Å². The van der Waals surface area contributed by atoms with Gasteiger partial charge in [0.05, 0.1) is 23.6 Å². The molecule has 202 valence electrons. The first kappa shape index (κ1) is 25.2. The van der Waals surface area contributed by atoms with Crippen molar-refractivity contribution >= 4 is 22.3 Å². The first-order chi connectivity index (χ1) is 18.4. The zero-order chi connectivity index (χ0) is 27.9. The Morgan fingerprint density at radius 1 is 1.00 bits per heavy atom. The van der Waals surface area contributed by atoms with Crippen molar-refractivity contribution in [2.45, 2.75) is 31.7 Å². The van der Waals surface area contributed by atoms with Gasteiger partial charge in [0.25, 0.3) is 0 Å². The molecule has 0 amide bonds. The van der Waals surface area contributed by atoms with Crippen molar-refractivity contribution in [1.29, 1.82) is 0 Å². The lowest BCUT2D eigenvalue weighted by atomic mass is 9.59. The summed E-state index contributed by atoms with van der Waals surface area (Å²) in [6.45, 7) is 3.87. The van der Waals surface area contributed by atoms with Crippen molar-refractivity contribution in [3.63, 3.8) is 0 Å². The second kappa shape index (κ2) is 8.18. The normalized spacial score (nSPS) is 20.9. The fraction of sp³-hybridized carbons (Fsp3) is 0.300. The number of hydrogen-bond acceptors (Lipinski definition) is 6. The lowest BCUT2D eigenvalue weighted by Gasteiger charge is -2.58. The van der Waals surface area contributed by atoms with E-state index in [4.69, 9.17) is 13.9 Å². The standard InChI is InChI=1S/C30H27F3N2O4/c1-28(2)25-21-15-19(37-5)11-13-22(21)34-29(28,16-6-8-17(9-7-16)30(31,32)33)39-26-20-12-10-18(35(3)4)14-23(20)38-27(36)24(25)26/h6-15,25,34H,1-5H3/t25-,29+/m1/s1. The molecule has 0 saturated carbocycles. The third kappa shape index (κ3) is 3.52. The van der Waals surface area contributed by atoms with Gasteiger partial charge in [0.1, 0.15) is 17.1 Å². The molecule has 6 nitrogen and oxygen atoms in total. The molecule has 0 fully saturated rings. The van der Waals surface area contributed by atoms with Gasteiger partial charge in [-0.1, -0.05) is 26.0 Å². The lowest BCUT2D eigenvalue weighted by Crippen LogP contribution is -2.61. The molecule has 0 spiro atoms. The molecule has 0 aliphatic carbocycles. The molecule has 0 unspecified atom stereocenters. The minimum Gasteiger partial charge on any atom is -0.497 e. The first-order valence-electron chi connectivity index (χ1n) is 12.5. The number of halogens is 3. The maximum atomic E-state index is 13.7. The molecule has 1 N–H and O–H groups in total. The van der Waals surface area contributed by atoms with E-state index in [9.17, 15) is 18.0 Å². The Morgan fingerprint density at radius 2 is 1.72 bits per heavy atom. The van der Waals surface area contributed by atoms with Gasteiger partial charge in [-0.2, -0.15) is 13.2 Å². The maximum Gasteiger partial charge on any atom is 0.416 e. The minimum absolute atomic E-state index is 0.344. The largest absolute Gasteiger partial charge is 0.497 e. The molecule has 2 bridgehead atoms. The molecule has 3 heterocycles. The zero-order valence-corrected chi connectivity index (χ0v) is 22.1. The summed E-state index contributed by atoms with van der Waals surface area (Å²) in [7, 11) is 5.33. The van der Waals surface area contributed by atoms with Crippen molar-refractivity contribution in [3.05, 3.63) is 93.3 Å². The predicted molar refractivity (Wildman–Crippen MR) is 143 cm³/mol. The third-order valence-corrected chi connectivity index (χ3v) is 8.07. The lowest BCUT2D eigenvalue weighted by molar-refractivity contribution is -0.137. The Balaban J connectivity index is 1.68. The van der Waals surface area contributed by atoms with E-state index >= 15 is 0 Å². The monoisotopic (exact) mass is 536 g/mol. The van der Waals surface area contributed by atoms with Crippen LogP contribution in [0.1, 0.15) is 42.0 Å². The summed E-state index contributed by atoms with van der Waals surface area (Å²) in [5.41, 5.74) is 0.120. The molecule has 6 rings (SSSR count). The molecule has 3 aromatic carbocycles. The Kier molecular flexibility index (Phi) is 5.28. The summed E-state index contributed by atoms with van der Waals surface area (Å²) in [5, 5.41) is 4.11. The summed E-state index contributed by atoms with van der Waals surface area (Å²) in [6, 6.07) is 16.0.